The molecular weight excluding hydrogens is 590 g/mol. The fourth-order valence-corrected chi connectivity index (χ4v) is 4.74. The lowest BCUT2D eigenvalue weighted by molar-refractivity contribution is -0.144. The van der Waals surface area contributed by atoms with Crippen LogP contribution in [0.4, 0.5) is 23.2 Å². The molecule has 0 saturated carbocycles. The number of carbonyl (C=O) groups excluding carboxylic acids is 4. The standard InChI is InChI=1S/C30H33F4N3O7/c1-30(2,3)17-9-4-5-10-20(17)35-28(42)29(43)37-11-7-6-8-16(14-37)27(41)36-21(13-23(39)40)22(38)15-44-26-24(33)18(31)12-19(32)25(26)34/h4-5,9-10,12,16,21H,6-8,11,13-15H2,1-3H3,(H,35,42)(H,36,41)(H,39,40)/t16-,21+/m1/s1. The summed E-state index contributed by atoms with van der Waals surface area (Å²) < 4.78 is 59.4. The van der Waals surface area contributed by atoms with E-state index >= 15 is 0 Å². The Morgan fingerprint density at radius 3 is 2.27 bits per heavy atom. The van der Waals surface area contributed by atoms with Crippen LogP contribution in [0.2, 0.25) is 0 Å². The lowest BCUT2D eigenvalue weighted by Crippen LogP contribution is -2.49. The van der Waals surface area contributed by atoms with Gasteiger partial charge in [-0.15, -0.1) is 0 Å². The minimum Gasteiger partial charge on any atom is -0.481 e. The average molecular weight is 624 g/mol. The van der Waals surface area contributed by atoms with Crippen LogP contribution < -0.4 is 15.4 Å². The van der Waals surface area contributed by atoms with Gasteiger partial charge in [-0.25, -0.2) is 8.78 Å². The zero-order valence-electron chi connectivity index (χ0n) is 24.3. The van der Waals surface area contributed by atoms with E-state index in [1.165, 1.54) is 4.90 Å². The molecule has 1 heterocycles. The fourth-order valence-electron chi connectivity index (χ4n) is 4.74. The topological polar surface area (TPSA) is 142 Å². The number of carboxylic acid groups (broad SMARTS) is 1. The summed E-state index contributed by atoms with van der Waals surface area (Å²) in [6, 6.07) is 5.22. The van der Waals surface area contributed by atoms with Gasteiger partial charge in [-0.3, -0.25) is 24.0 Å². The molecule has 1 fully saturated rings. The van der Waals surface area contributed by atoms with Crippen LogP contribution in [0.5, 0.6) is 5.75 Å². The predicted molar refractivity (Wildman–Crippen MR) is 149 cm³/mol. The van der Waals surface area contributed by atoms with Crippen LogP contribution in [0.1, 0.15) is 52.0 Å². The maximum absolute atomic E-state index is 13.9. The molecule has 14 heteroatoms. The van der Waals surface area contributed by atoms with Crippen LogP contribution in [0.25, 0.3) is 0 Å². The molecule has 3 N–H and O–H groups in total. The van der Waals surface area contributed by atoms with Crippen molar-refractivity contribution >= 4 is 35.2 Å². The minimum atomic E-state index is -1.90. The van der Waals surface area contributed by atoms with E-state index in [2.05, 4.69) is 15.4 Å². The normalized spacial score (nSPS) is 16.0. The zero-order valence-corrected chi connectivity index (χ0v) is 24.3. The molecule has 0 aliphatic carbocycles. The third kappa shape index (κ3) is 8.54. The van der Waals surface area contributed by atoms with Crippen LogP contribution in [0, 0.1) is 29.2 Å². The third-order valence-electron chi connectivity index (χ3n) is 7.02. The third-order valence-corrected chi connectivity index (χ3v) is 7.02. The van der Waals surface area contributed by atoms with E-state index in [-0.39, 0.29) is 31.0 Å². The molecule has 1 aliphatic heterocycles. The Morgan fingerprint density at radius 2 is 1.66 bits per heavy atom. The zero-order chi connectivity index (χ0) is 32.8. The number of ether oxygens (including phenoxy) is 1. The van der Waals surface area contributed by atoms with Crippen molar-refractivity contribution in [3.05, 3.63) is 59.2 Å². The number of nitrogens with one attached hydrogen (secondary N) is 2. The number of nitrogens with zero attached hydrogens (tertiary/aromatic N) is 1. The number of likely N-dealkylation sites (tertiary alicyclic amines) is 1. The Labute approximate surface area is 250 Å². The molecule has 10 nitrogen and oxygen atoms in total. The molecule has 2 atom stereocenters. The lowest BCUT2D eigenvalue weighted by atomic mass is 9.86. The van der Waals surface area contributed by atoms with Gasteiger partial charge in [0.1, 0.15) is 12.6 Å². The first-order chi connectivity index (χ1) is 20.6. The van der Waals surface area contributed by atoms with Crippen LogP contribution in [-0.4, -0.2) is 65.2 Å². The van der Waals surface area contributed by atoms with Crippen LogP contribution in [-0.2, 0) is 29.4 Å². The molecule has 0 bridgehead atoms. The number of hydrogen-bond acceptors (Lipinski definition) is 6. The largest absolute Gasteiger partial charge is 0.481 e. The van der Waals surface area contributed by atoms with Gasteiger partial charge in [0.25, 0.3) is 0 Å². The summed E-state index contributed by atoms with van der Waals surface area (Å²) in [6.45, 7) is 4.59. The number of ketones is 1. The number of Topliss-reactive ketones (excluding diaryl/α,β-unsaturated/α-hetero) is 1. The van der Waals surface area contributed by atoms with E-state index in [0.29, 0.717) is 18.5 Å². The molecule has 1 saturated heterocycles. The van der Waals surface area contributed by atoms with Gasteiger partial charge >= 0.3 is 17.8 Å². The smallest absolute Gasteiger partial charge is 0.313 e. The van der Waals surface area contributed by atoms with Crippen molar-refractivity contribution < 1.29 is 51.4 Å². The summed E-state index contributed by atoms with van der Waals surface area (Å²) in [5, 5.41) is 14.2. The number of amides is 3. The van der Waals surface area contributed by atoms with Crippen molar-refractivity contribution in [2.24, 2.45) is 5.92 Å². The maximum Gasteiger partial charge on any atom is 0.313 e. The van der Waals surface area contributed by atoms with Crippen molar-refractivity contribution in [2.45, 2.75) is 57.9 Å². The monoisotopic (exact) mass is 623 g/mol. The number of benzene rings is 2. The summed E-state index contributed by atoms with van der Waals surface area (Å²) in [6.07, 6.45) is 0.240. The van der Waals surface area contributed by atoms with Gasteiger partial charge < -0.3 is 25.4 Å². The van der Waals surface area contributed by atoms with E-state index in [0.717, 1.165) is 5.56 Å². The van der Waals surface area contributed by atoms with Gasteiger partial charge in [-0.1, -0.05) is 45.4 Å². The molecule has 238 valence electrons. The van der Waals surface area contributed by atoms with E-state index in [4.69, 9.17) is 0 Å². The molecule has 3 rings (SSSR count). The van der Waals surface area contributed by atoms with Crippen molar-refractivity contribution in [2.75, 3.05) is 25.0 Å². The van der Waals surface area contributed by atoms with E-state index in [1.807, 2.05) is 32.9 Å². The fraction of sp³-hybridized carbons (Fsp3) is 0.433. The van der Waals surface area contributed by atoms with Gasteiger partial charge in [0, 0.05) is 24.8 Å². The predicted octanol–water partition coefficient (Wildman–Crippen LogP) is 3.72. The minimum absolute atomic E-state index is 0.0536. The van der Waals surface area contributed by atoms with Crippen LogP contribution in [0.15, 0.2) is 30.3 Å². The molecule has 0 spiro atoms. The quantitative estimate of drug-likeness (QED) is 0.220. The first-order valence-corrected chi connectivity index (χ1v) is 13.8. The molecule has 2 aromatic carbocycles. The van der Waals surface area contributed by atoms with Crippen LogP contribution >= 0.6 is 0 Å². The van der Waals surface area contributed by atoms with Gasteiger partial charge in [-0.2, -0.15) is 8.78 Å². The second-order valence-corrected chi connectivity index (χ2v) is 11.4. The van der Waals surface area contributed by atoms with Crippen molar-refractivity contribution in [3.8, 4) is 5.75 Å². The second kappa shape index (κ2) is 14.3. The number of carboxylic acids is 1. The summed E-state index contributed by atoms with van der Waals surface area (Å²) in [7, 11) is 0. The van der Waals surface area contributed by atoms with Gasteiger partial charge in [0.05, 0.1) is 12.3 Å². The SMILES string of the molecule is CC(C)(C)c1ccccc1NC(=O)C(=O)N1CCCC[C@@H](C(=O)N[C@@H](CC(=O)O)C(=O)COc2c(F)c(F)cc(F)c2F)C1. The van der Waals surface area contributed by atoms with E-state index < -0.39 is 83.5 Å². The number of halogens is 4. The molecule has 0 aromatic heterocycles. The van der Waals surface area contributed by atoms with E-state index in [1.54, 1.807) is 12.1 Å². The number of anilines is 1. The van der Waals surface area contributed by atoms with Crippen molar-refractivity contribution in [3.63, 3.8) is 0 Å². The van der Waals surface area contributed by atoms with Crippen LogP contribution in [0.3, 0.4) is 0 Å². The number of para-hydroxylation sites is 1. The Hall–Kier alpha value is -4.49. The molecule has 0 radical (unpaired) electrons. The molecule has 0 unspecified atom stereocenters. The highest BCUT2D eigenvalue weighted by atomic mass is 19.2. The summed E-state index contributed by atoms with van der Waals surface area (Å²) >= 11 is 0. The maximum atomic E-state index is 13.9. The number of aliphatic carboxylic acids is 1. The first kappa shape index (κ1) is 34.0. The van der Waals surface area contributed by atoms with E-state index in [9.17, 15) is 46.6 Å². The number of hydrogen-bond donors (Lipinski definition) is 3. The summed E-state index contributed by atoms with van der Waals surface area (Å²) in [4.78, 5) is 64.5. The highest BCUT2D eigenvalue weighted by molar-refractivity contribution is 6.39. The molecule has 2 aromatic rings. The molecule has 3 amide bonds. The Balaban J connectivity index is 1.69. The molecular formula is C30H33F4N3O7. The summed E-state index contributed by atoms with van der Waals surface area (Å²) in [5.74, 6) is -15.1. The van der Waals surface area contributed by atoms with Crippen molar-refractivity contribution in [1.29, 1.82) is 0 Å². The Morgan fingerprint density at radius 1 is 1.02 bits per heavy atom. The number of rotatable bonds is 9. The first-order valence-electron chi connectivity index (χ1n) is 13.8. The Bertz CT molecular complexity index is 1420. The lowest BCUT2D eigenvalue weighted by Gasteiger charge is -2.26. The highest BCUT2D eigenvalue weighted by Gasteiger charge is 2.33. The Kier molecular flexibility index (Phi) is 11.1. The average Bonchev–Trinajstić information content (AvgIpc) is 3.21. The molecule has 1 aliphatic rings. The number of carbonyl (C=O) groups is 5. The van der Waals surface area contributed by atoms with Gasteiger partial charge in [-0.05, 0) is 29.9 Å². The molecule has 44 heavy (non-hydrogen) atoms. The van der Waals surface area contributed by atoms with Gasteiger partial charge in [0.15, 0.2) is 23.2 Å². The second-order valence-electron chi connectivity index (χ2n) is 11.4. The highest BCUT2D eigenvalue weighted by Crippen LogP contribution is 2.30. The summed E-state index contributed by atoms with van der Waals surface area (Å²) in [5.41, 5.74) is 0.935. The van der Waals surface area contributed by atoms with Gasteiger partial charge in [0.2, 0.25) is 17.5 Å². The van der Waals surface area contributed by atoms with Crippen molar-refractivity contribution in [1.82, 2.24) is 10.2 Å².